The smallest absolute Gasteiger partial charge is 0.290 e. The van der Waals surface area contributed by atoms with Crippen LogP contribution in [0.2, 0.25) is 10.2 Å². The predicted octanol–water partition coefficient (Wildman–Crippen LogP) is 4.30. The van der Waals surface area contributed by atoms with E-state index in [1.54, 1.807) is 7.05 Å². The van der Waals surface area contributed by atoms with Crippen LogP contribution in [0.15, 0.2) is 47.5 Å². The summed E-state index contributed by atoms with van der Waals surface area (Å²) in [4.78, 5) is 29.7. The fraction of sp³-hybridized carbons (Fsp3) is 0.182. The second kappa shape index (κ2) is 10.1. The second-order valence-corrected chi connectivity index (χ2v) is 8.39. The quantitative estimate of drug-likeness (QED) is 0.393. The van der Waals surface area contributed by atoms with Crippen molar-refractivity contribution in [3.63, 3.8) is 0 Å². The van der Waals surface area contributed by atoms with E-state index in [0.717, 1.165) is 16.8 Å². The number of pyridine rings is 1. The fourth-order valence-electron chi connectivity index (χ4n) is 3.48. The van der Waals surface area contributed by atoms with Crippen LogP contribution in [-0.4, -0.2) is 35.7 Å². The van der Waals surface area contributed by atoms with Crippen molar-refractivity contribution in [2.45, 2.75) is 19.4 Å². The molecule has 4 rings (SSSR count). The Kier molecular flexibility index (Phi) is 7.09. The maximum Gasteiger partial charge on any atom is 0.290 e. The van der Waals surface area contributed by atoms with Gasteiger partial charge in [0, 0.05) is 24.4 Å². The summed E-state index contributed by atoms with van der Waals surface area (Å²) >= 11 is 12.2. The molecule has 3 heterocycles. The van der Waals surface area contributed by atoms with E-state index < -0.39 is 35.3 Å². The molecule has 0 aliphatic heterocycles. The van der Waals surface area contributed by atoms with Gasteiger partial charge in [0.15, 0.2) is 10.8 Å². The van der Waals surface area contributed by atoms with Crippen LogP contribution in [0, 0.1) is 5.82 Å². The summed E-state index contributed by atoms with van der Waals surface area (Å²) in [6, 6.07) is 5.09. The Morgan fingerprint density at radius 3 is 2.53 bits per heavy atom. The number of hydrogen-bond donors (Lipinski definition) is 1. The molecule has 1 amide bonds. The molecule has 0 unspecified atom stereocenters. The van der Waals surface area contributed by atoms with Crippen LogP contribution in [0.1, 0.15) is 41.0 Å². The van der Waals surface area contributed by atoms with Crippen molar-refractivity contribution in [1.29, 1.82) is 0 Å². The van der Waals surface area contributed by atoms with Gasteiger partial charge < -0.3 is 5.32 Å². The highest BCUT2D eigenvalue weighted by Crippen LogP contribution is 2.28. The van der Waals surface area contributed by atoms with Gasteiger partial charge in [-0.3, -0.25) is 14.6 Å². The van der Waals surface area contributed by atoms with E-state index in [4.69, 9.17) is 23.2 Å². The van der Waals surface area contributed by atoms with Crippen molar-refractivity contribution >= 4 is 29.1 Å². The van der Waals surface area contributed by atoms with E-state index in [1.165, 1.54) is 42.2 Å². The van der Waals surface area contributed by atoms with Crippen LogP contribution in [0.4, 0.5) is 13.2 Å². The number of carbonyl (C=O) groups is 1. The number of alkyl halides is 2. The molecule has 0 fully saturated rings. The molecule has 1 aromatic carbocycles. The highest BCUT2D eigenvalue weighted by Gasteiger charge is 2.22. The number of benzene rings is 1. The van der Waals surface area contributed by atoms with Crippen LogP contribution in [0.5, 0.6) is 0 Å². The normalized spacial score (nSPS) is 12.1. The van der Waals surface area contributed by atoms with Crippen molar-refractivity contribution in [1.82, 2.24) is 35.1 Å². The second-order valence-electron chi connectivity index (χ2n) is 7.63. The van der Waals surface area contributed by atoms with Crippen LogP contribution in [-0.2, 0) is 7.05 Å². The number of rotatable bonds is 6. The number of aromatic nitrogens is 6. The van der Waals surface area contributed by atoms with Gasteiger partial charge in [-0.25, -0.2) is 17.9 Å². The van der Waals surface area contributed by atoms with E-state index in [9.17, 15) is 22.8 Å². The molecule has 0 aliphatic rings. The van der Waals surface area contributed by atoms with Gasteiger partial charge in [-0.05, 0) is 19.1 Å². The lowest BCUT2D eigenvalue weighted by molar-refractivity contribution is 0.0932. The van der Waals surface area contributed by atoms with Crippen LogP contribution >= 0.6 is 23.2 Å². The van der Waals surface area contributed by atoms with Crippen molar-refractivity contribution in [2.24, 2.45) is 7.05 Å². The highest BCUT2D eigenvalue weighted by molar-refractivity contribution is 6.31. The molecule has 4 aromatic rings. The van der Waals surface area contributed by atoms with Gasteiger partial charge in [-0.2, -0.15) is 9.78 Å². The number of aryl methyl sites for hydroxylation is 1. The van der Waals surface area contributed by atoms with Gasteiger partial charge in [0.1, 0.15) is 16.5 Å². The Labute approximate surface area is 211 Å². The molecular formula is C22H16Cl2F3N7O2. The first-order valence-electron chi connectivity index (χ1n) is 10.3. The summed E-state index contributed by atoms with van der Waals surface area (Å²) in [6.45, 7) is 1.42. The van der Waals surface area contributed by atoms with E-state index in [1.807, 2.05) is 0 Å². The summed E-state index contributed by atoms with van der Waals surface area (Å²) in [7, 11) is 1.62. The van der Waals surface area contributed by atoms with E-state index in [0.29, 0.717) is 11.3 Å². The SMILES string of the molecule is C[C@@H](NC(=O)c1cc(Cl)c(=O)n(-c2cncc(-c3c(Cl)nnn3C)c2)n1)c1cccc(C(F)F)c1F. The third-order valence-corrected chi connectivity index (χ3v) is 5.76. The van der Waals surface area contributed by atoms with Gasteiger partial charge in [0.05, 0.1) is 23.5 Å². The minimum atomic E-state index is -3.02. The zero-order valence-electron chi connectivity index (χ0n) is 18.6. The van der Waals surface area contributed by atoms with Crippen LogP contribution < -0.4 is 10.9 Å². The third kappa shape index (κ3) is 4.82. The molecule has 14 heteroatoms. The average Bonchev–Trinajstić information content (AvgIpc) is 3.18. The zero-order valence-corrected chi connectivity index (χ0v) is 20.1. The maximum absolute atomic E-state index is 14.5. The Balaban J connectivity index is 1.68. The highest BCUT2D eigenvalue weighted by atomic mass is 35.5. The molecule has 1 atom stereocenters. The summed E-state index contributed by atoms with van der Waals surface area (Å²) in [5.41, 5.74) is -0.866. The number of amides is 1. The van der Waals surface area contributed by atoms with Crippen molar-refractivity contribution < 1.29 is 18.0 Å². The number of nitrogens with zero attached hydrogens (tertiary/aromatic N) is 6. The molecule has 0 saturated heterocycles. The Hall–Kier alpha value is -3.77. The zero-order chi connectivity index (χ0) is 26.1. The summed E-state index contributed by atoms with van der Waals surface area (Å²) in [5, 5.41) is 13.9. The van der Waals surface area contributed by atoms with Gasteiger partial charge in [0.2, 0.25) is 0 Å². The molecule has 186 valence electrons. The minimum Gasteiger partial charge on any atom is -0.344 e. The fourth-order valence-corrected chi connectivity index (χ4v) is 3.93. The maximum atomic E-state index is 14.5. The summed E-state index contributed by atoms with van der Waals surface area (Å²) < 4.78 is 42.9. The first-order valence-corrected chi connectivity index (χ1v) is 11.0. The van der Waals surface area contributed by atoms with E-state index in [2.05, 4.69) is 25.7 Å². The number of halogens is 5. The lowest BCUT2D eigenvalue weighted by Crippen LogP contribution is -2.31. The molecule has 0 bridgehead atoms. The topological polar surface area (TPSA) is 108 Å². The van der Waals surface area contributed by atoms with Gasteiger partial charge in [-0.15, -0.1) is 5.10 Å². The summed E-state index contributed by atoms with van der Waals surface area (Å²) in [6.07, 6.45) is -0.221. The van der Waals surface area contributed by atoms with Crippen molar-refractivity contribution in [2.75, 3.05) is 0 Å². The molecule has 3 aromatic heterocycles. The van der Waals surface area contributed by atoms with Crippen molar-refractivity contribution in [3.05, 3.63) is 85.9 Å². The standard InChI is InChI=1S/C22H16Cl2F3N7O2/c1-10(13-4-3-5-14(17(13)25)20(26)27)29-21(35)16-7-15(23)22(36)34(31-16)12-6-11(8-28-9-12)18-19(24)30-32-33(18)2/h3-10,20H,1-2H3,(H,29,35)/t10-/m1/s1. The van der Waals surface area contributed by atoms with Crippen LogP contribution in [0.3, 0.4) is 0 Å². The molecule has 0 radical (unpaired) electrons. The van der Waals surface area contributed by atoms with Crippen LogP contribution in [0.25, 0.3) is 16.9 Å². The first kappa shape index (κ1) is 25.3. The average molecular weight is 538 g/mol. The molecule has 0 aliphatic carbocycles. The summed E-state index contributed by atoms with van der Waals surface area (Å²) in [5.74, 6) is -1.94. The predicted molar refractivity (Wildman–Crippen MR) is 125 cm³/mol. The molecule has 1 N–H and O–H groups in total. The molecule has 9 nitrogen and oxygen atoms in total. The van der Waals surface area contributed by atoms with Gasteiger partial charge in [-0.1, -0.05) is 46.6 Å². The minimum absolute atomic E-state index is 0.111. The number of nitrogens with one attached hydrogen (secondary N) is 1. The first-order chi connectivity index (χ1) is 17.1. The largest absolute Gasteiger partial charge is 0.344 e. The molecule has 0 saturated carbocycles. The van der Waals surface area contributed by atoms with Gasteiger partial charge >= 0.3 is 0 Å². The number of hydrogen-bond acceptors (Lipinski definition) is 6. The third-order valence-electron chi connectivity index (χ3n) is 5.24. The Morgan fingerprint density at radius 2 is 1.86 bits per heavy atom. The number of carbonyl (C=O) groups excluding carboxylic acids is 1. The van der Waals surface area contributed by atoms with E-state index in [-0.39, 0.29) is 27.1 Å². The Bertz CT molecular complexity index is 1500. The lowest BCUT2D eigenvalue weighted by Gasteiger charge is -2.17. The van der Waals surface area contributed by atoms with E-state index >= 15 is 0 Å². The lowest BCUT2D eigenvalue weighted by atomic mass is 10.0. The monoisotopic (exact) mass is 537 g/mol. The molecule has 0 spiro atoms. The van der Waals surface area contributed by atoms with Gasteiger partial charge in [0.25, 0.3) is 17.9 Å². The Morgan fingerprint density at radius 1 is 1.14 bits per heavy atom. The van der Waals surface area contributed by atoms with Crippen molar-refractivity contribution in [3.8, 4) is 16.9 Å². The molecule has 36 heavy (non-hydrogen) atoms. The molecular weight excluding hydrogens is 522 g/mol.